The predicted molar refractivity (Wildman–Crippen MR) is 65.9 cm³/mol. The molecule has 0 fully saturated rings. The fourth-order valence-corrected chi connectivity index (χ4v) is 2.01. The minimum absolute atomic E-state index is 0.0469. The number of aliphatic hydroxyl groups is 1. The number of halogens is 4. The maximum absolute atomic E-state index is 12.7. The number of alkyl halides is 3. The van der Waals surface area contributed by atoms with Crippen molar-refractivity contribution in [1.29, 1.82) is 0 Å². The Kier molecular flexibility index (Phi) is 4.00. The molecule has 0 atom stereocenters. The van der Waals surface area contributed by atoms with Crippen LogP contribution in [0.3, 0.4) is 0 Å². The summed E-state index contributed by atoms with van der Waals surface area (Å²) in [6, 6.07) is 0. The highest BCUT2D eigenvalue weighted by Gasteiger charge is 2.32. The molecule has 0 aliphatic heterocycles. The molecule has 0 unspecified atom stereocenters. The monoisotopic (exact) mass is 309 g/mol. The van der Waals surface area contributed by atoms with E-state index in [1.54, 1.807) is 0 Å². The van der Waals surface area contributed by atoms with Crippen molar-refractivity contribution in [3.8, 4) is 0 Å². The molecule has 2 heterocycles. The van der Waals surface area contributed by atoms with Crippen molar-refractivity contribution in [2.75, 3.05) is 24.6 Å². The number of nitrogens with zero attached hydrogens (tertiary/aromatic N) is 5. The summed E-state index contributed by atoms with van der Waals surface area (Å²) in [5.74, 6) is 0.213. The maximum Gasteiger partial charge on any atom is 0.405 e. The highest BCUT2D eigenvalue weighted by atomic mass is 35.5. The second-order valence-corrected chi connectivity index (χ2v) is 4.44. The molecule has 0 spiro atoms. The third-order valence-electron chi connectivity index (χ3n) is 2.61. The molecule has 0 aliphatic carbocycles. The van der Waals surface area contributed by atoms with E-state index in [4.69, 9.17) is 16.7 Å². The van der Waals surface area contributed by atoms with E-state index in [9.17, 15) is 13.2 Å². The van der Waals surface area contributed by atoms with Gasteiger partial charge in [0.15, 0.2) is 0 Å². The van der Waals surface area contributed by atoms with E-state index in [-0.39, 0.29) is 23.3 Å². The average Bonchev–Trinajstić information content (AvgIpc) is 2.75. The number of rotatable bonds is 4. The molecule has 110 valence electrons. The number of fused-ring (bicyclic) bond motifs is 1. The number of anilines is 1. The maximum atomic E-state index is 12.7. The normalized spacial score (nSPS) is 12.1. The molecule has 6 nitrogen and oxygen atoms in total. The van der Waals surface area contributed by atoms with E-state index in [0.29, 0.717) is 5.56 Å². The van der Waals surface area contributed by atoms with E-state index in [0.717, 1.165) is 4.90 Å². The van der Waals surface area contributed by atoms with Crippen molar-refractivity contribution < 1.29 is 18.3 Å². The molecule has 0 radical (unpaired) electrons. The first kappa shape index (κ1) is 14.8. The van der Waals surface area contributed by atoms with Gasteiger partial charge in [0.25, 0.3) is 5.78 Å². The first-order valence-electron chi connectivity index (χ1n) is 5.62. The average molecular weight is 310 g/mol. The van der Waals surface area contributed by atoms with Crippen molar-refractivity contribution in [3.63, 3.8) is 0 Å². The summed E-state index contributed by atoms with van der Waals surface area (Å²) in [5.41, 5.74) is 0.336. The molecule has 0 saturated heterocycles. The Balaban J connectivity index is 2.57. The third kappa shape index (κ3) is 2.93. The summed E-state index contributed by atoms with van der Waals surface area (Å²) in [5, 5.41) is 12.9. The van der Waals surface area contributed by atoms with Gasteiger partial charge in [0.2, 0.25) is 0 Å². The summed E-state index contributed by atoms with van der Waals surface area (Å²) in [7, 11) is 0. The molecule has 0 aliphatic rings. The minimum atomic E-state index is -4.43. The molecule has 2 rings (SSSR count). The minimum Gasteiger partial charge on any atom is -0.395 e. The second-order valence-electron chi connectivity index (χ2n) is 4.08. The summed E-state index contributed by atoms with van der Waals surface area (Å²) >= 11 is 5.90. The van der Waals surface area contributed by atoms with Crippen LogP contribution in [0.15, 0.2) is 6.33 Å². The first-order chi connectivity index (χ1) is 9.33. The lowest BCUT2D eigenvalue weighted by Crippen LogP contribution is -2.38. The number of aliphatic hydroxyl groups excluding tert-OH is 1. The third-order valence-corrected chi connectivity index (χ3v) is 2.98. The van der Waals surface area contributed by atoms with Gasteiger partial charge >= 0.3 is 6.18 Å². The van der Waals surface area contributed by atoms with Crippen LogP contribution >= 0.6 is 11.6 Å². The van der Waals surface area contributed by atoms with Crippen molar-refractivity contribution >= 4 is 23.2 Å². The van der Waals surface area contributed by atoms with Crippen LogP contribution in [0.2, 0.25) is 5.15 Å². The van der Waals surface area contributed by atoms with Crippen LogP contribution in [-0.2, 0) is 0 Å². The fraction of sp³-hybridized carbons (Fsp3) is 0.500. The predicted octanol–water partition coefficient (Wildman–Crippen LogP) is 1.45. The van der Waals surface area contributed by atoms with Crippen LogP contribution in [0.5, 0.6) is 0 Å². The second kappa shape index (κ2) is 5.41. The van der Waals surface area contributed by atoms with E-state index in [2.05, 4.69) is 15.1 Å². The van der Waals surface area contributed by atoms with E-state index >= 15 is 0 Å². The van der Waals surface area contributed by atoms with Crippen LogP contribution in [-0.4, -0.2) is 50.6 Å². The van der Waals surface area contributed by atoms with Gasteiger partial charge < -0.3 is 10.0 Å². The lowest BCUT2D eigenvalue weighted by molar-refractivity contribution is -0.120. The zero-order valence-corrected chi connectivity index (χ0v) is 11.1. The van der Waals surface area contributed by atoms with Gasteiger partial charge in [-0.05, 0) is 6.92 Å². The molecular weight excluding hydrogens is 299 g/mol. The Morgan fingerprint density at radius 2 is 2.15 bits per heavy atom. The van der Waals surface area contributed by atoms with Gasteiger partial charge in [-0.25, -0.2) is 0 Å². The highest BCUT2D eigenvalue weighted by molar-refractivity contribution is 6.30. The van der Waals surface area contributed by atoms with Crippen LogP contribution in [0.4, 0.5) is 19.0 Å². The van der Waals surface area contributed by atoms with Gasteiger partial charge in [0, 0.05) is 12.1 Å². The smallest absolute Gasteiger partial charge is 0.395 e. The first-order valence-corrected chi connectivity index (χ1v) is 5.99. The zero-order valence-electron chi connectivity index (χ0n) is 10.4. The Morgan fingerprint density at radius 1 is 1.45 bits per heavy atom. The molecule has 10 heteroatoms. The van der Waals surface area contributed by atoms with Gasteiger partial charge in [-0.3, -0.25) is 0 Å². The summed E-state index contributed by atoms with van der Waals surface area (Å²) in [6.45, 7) is -0.350. The molecule has 0 amide bonds. The van der Waals surface area contributed by atoms with Crippen molar-refractivity contribution in [1.82, 2.24) is 19.6 Å². The van der Waals surface area contributed by atoms with E-state index < -0.39 is 19.3 Å². The summed E-state index contributed by atoms with van der Waals surface area (Å²) < 4.78 is 39.1. The lowest BCUT2D eigenvalue weighted by atomic mass is 10.3. The number of aromatic nitrogens is 4. The van der Waals surface area contributed by atoms with E-state index in [1.165, 1.54) is 17.8 Å². The van der Waals surface area contributed by atoms with Gasteiger partial charge in [0.1, 0.15) is 23.8 Å². The molecular formula is C10H11ClF3N5O. The Hall–Kier alpha value is -1.61. The number of hydrogen-bond donors (Lipinski definition) is 1. The fourth-order valence-electron chi connectivity index (χ4n) is 1.85. The zero-order chi connectivity index (χ0) is 14.9. The van der Waals surface area contributed by atoms with Crippen LogP contribution < -0.4 is 4.90 Å². The van der Waals surface area contributed by atoms with Crippen LogP contribution in [0.1, 0.15) is 5.56 Å². The molecule has 1 N–H and O–H groups in total. The topological polar surface area (TPSA) is 66.5 Å². The van der Waals surface area contributed by atoms with Gasteiger partial charge in [-0.15, -0.1) is 0 Å². The Morgan fingerprint density at radius 3 is 2.75 bits per heavy atom. The van der Waals surface area contributed by atoms with Crippen molar-refractivity contribution in [2.45, 2.75) is 13.1 Å². The van der Waals surface area contributed by atoms with Gasteiger partial charge in [0.05, 0.1) is 6.61 Å². The molecule has 0 saturated carbocycles. The molecule has 2 aromatic rings. The molecule has 0 aromatic carbocycles. The molecule has 20 heavy (non-hydrogen) atoms. The van der Waals surface area contributed by atoms with Gasteiger partial charge in [-0.1, -0.05) is 11.6 Å². The van der Waals surface area contributed by atoms with Gasteiger partial charge in [-0.2, -0.15) is 32.8 Å². The van der Waals surface area contributed by atoms with Crippen molar-refractivity contribution in [3.05, 3.63) is 17.0 Å². The van der Waals surface area contributed by atoms with Crippen molar-refractivity contribution in [2.24, 2.45) is 0 Å². The van der Waals surface area contributed by atoms with E-state index in [1.807, 2.05) is 0 Å². The number of hydrogen-bond acceptors (Lipinski definition) is 5. The van der Waals surface area contributed by atoms with Crippen LogP contribution in [0.25, 0.3) is 5.78 Å². The van der Waals surface area contributed by atoms with Crippen LogP contribution in [0, 0.1) is 6.92 Å². The quantitative estimate of drug-likeness (QED) is 0.866. The highest BCUT2D eigenvalue weighted by Crippen LogP contribution is 2.28. The lowest BCUT2D eigenvalue weighted by Gasteiger charge is -2.26. The molecule has 2 aromatic heterocycles. The Labute approximate surface area is 116 Å². The standard InChI is InChI=1S/C10H11ClF3N5O/c1-6-7(11)17-9-15-5-16-19(9)8(6)18(2-3-20)4-10(12,13)14/h5,20H,2-4H2,1H3. The summed E-state index contributed by atoms with van der Waals surface area (Å²) in [6.07, 6.45) is -3.25. The summed E-state index contributed by atoms with van der Waals surface area (Å²) in [4.78, 5) is 8.67. The largest absolute Gasteiger partial charge is 0.405 e. The Bertz CT molecular complexity index is 615. The SMILES string of the molecule is Cc1c(Cl)nc2ncnn2c1N(CCO)CC(F)(F)F. The molecule has 0 bridgehead atoms.